The molecule has 2 aromatic carbocycles. The van der Waals surface area contributed by atoms with Crippen molar-refractivity contribution in [2.45, 2.75) is 4.90 Å². The minimum absolute atomic E-state index is 0.106. The first-order chi connectivity index (χ1) is 17.4. The van der Waals surface area contributed by atoms with Crippen LogP contribution in [-0.4, -0.2) is 45.6 Å². The number of sulfonamides is 1. The topological polar surface area (TPSA) is 129 Å². The Morgan fingerprint density at radius 3 is 2.28 bits per heavy atom. The number of carbonyl (C=O) groups is 1. The summed E-state index contributed by atoms with van der Waals surface area (Å²) in [6.07, 6.45) is 1.30. The van der Waals surface area contributed by atoms with Crippen molar-refractivity contribution in [3.63, 3.8) is 0 Å². The molecule has 0 atom stereocenters. The van der Waals surface area contributed by atoms with Crippen LogP contribution in [0.5, 0.6) is 17.4 Å². The fourth-order valence-electron chi connectivity index (χ4n) is 3.27. The lowest BCUT2D eigenvalue weighted by atomic mass is 10.2. The molecule has 4 aromatic rings. The van der Waals surface area contributed by atoms with Crippen LogP contribution < -0.4 is 24.2 Å². The van der Waals surface area contributed by atoms with Gasteiger partial charge in [-0.25, -0.2) is 18.4 Å². The zero-order valence-electron chi connectivity index (χ0n) is 19.5. The normalized spacial score (nSPS) is 11.0. The zero-order valence-corrected chi connectivity index (χ0v) is 21.1. The fourth-order valence-corrected chi connectivity index (χ4v) is 5.31. The first kappa shape index (κ1) is 24.9. The summed E-state index contributed by atoms with van der Waals surface area (Å²) < 4.78 is 44.8. The average Bonchev–Trinajstić information content (AvgIpc) is 3.40. The van der Waals surface area contributed by atoms with Gasteiger partial charge in [-0.2, -0.15) is 0 Å². The number of carbonyl (C=O) groups excluding carboxylic acids is 1. The molecule has 2 aromatic heterocycles. The van der Waals surface area contributed by atoms with E-state index in [1.54, 1.807) is 23.6 Å². The van der Waals surface area contributed by atoms with Crippen LogP contribution in [0.1, 0.15) is 10.5 Å². The van der Waals surface area contributed by atoms with Crippen LogP contribution in [0.15, 0.2) is 71.1 Å². The number of anilines is 2. The molecule has 0 unspecified atom stereocenters. The monoisotopic (exact) mass is 526 g/mol. The van der Waals surface area contributed by atoms with Crippen molar-refractivity contribution in [3.05, 3.63) is 71.9 Å². The summed E-state index contributed by atoms with van der Waals surface area (Å²) in [5, 5.41) is 4.96. The van der Waals surface area contributed by atoms with Gasteiger partial charge in [0.2, 0.25) is 5.88 Å². The van der Waals surface area contributed by atoms with E-state index in [4.69, 9.17) is 14.2 Å². The second-order valence-corrected chi connectivity index (χ2v) is 9.74. The van der Waals surface area contributed by atoms with E-state index < -0.39 is 15.9 Å². The van der Waals surface area contributed by atoms with Crippen molar-refractivity contribution in [1.82, 2.24) is 9.97 Å². The maximum absolute atomic E-state index is 13.3. The van der Waals surface area contributed by atoms with Gasteiger partial charge in [0.05, 0.1) is 33.2 Å². The van der Waals surface area contributed by atoms with Gasteiger partial charge in [-0.05, 0) is 18.2 Å². The van der Waals surface area contributed by atoms with Gasteiger partial charge in [-0.1, -0.05) is 36.4 Å². The van der Waals surface area contributed by atoms with Gasteiger partial charge in [0.25, 0.3) is 15.9 Å². The standard InChI is InChI=1S/C24H22N4O6S2/c1-32-18-10-7-11-19(33-2)21(18)28-36(30,31)20-12-16(13-25-23(20)34-3)26-22(29)17-14-35-24(27-17)15-8-5-4-6-9-15/h4-14,28H,1-3H3,(H,26,29). The molecule has 10 nitrogen and oxygen atoms in total. The van der Waals surface area contributed by atoms with Crippen molar-refractivity contribution >= 4 is 38.6 Å². The smallest absolute Gasteiger partial charge is 0.275 e. The summed E-state index contributed by atoms with van der Waals surface area (Å²) in [5.41, 5.74) is 1.33. The van der Waals surface area contributed by atoms with Crippen molar-refractivity contribution in [1.29, 1.82) is 0 Å². The summed E-state index contributed by atoms with van der Waals surface area (Å²) in [6.45, 7) is 0. The highest BCUT2D eigenvalue weighted by atomic mass is 32.2. The van der Waals surface area contributed by atoms with Crippen molar-refractivity contribution < 1.29 is 27.4 Å². The van der Waals surface area contributed by atoms with E-state index >= 15 is 0 Å². The van der Waals surface area contributed by atoms with Crippen molar-refractivity contribution in [2.75, 3.05) is 31.4 Å². The molecular weight excluding hydrogens is 504 g/mol. The number of nitrogens with zero attached hydrogens (tertiary/aromatic N) is 2. The molecule has 0 saturated heterocycles. The molecule has 0 fully saturated rings. The van der Waals surface area contributed by atoms with Gasteiger partial charge in [-0.15, -0.1) is 11.3 Å². The maximum Gasteiger partial charge on any atom is 0.275 e. The third-order valence-electron chi connectivity index (χ3n) is 4.98. The van der Waals surface area contributed by atoms with E-state index in [-0.39, 0.29) is 39.3 Å². The molecule has 0 saturated carbocycles. The number of para-hydroxylation sites is 1. The number of aromatic nitrogens is 2. The number of amides is 1. The van der Waals surface area contributed by atoms with E-state index in [0.717, 1.165) is 5.56 Å². The molecule has 0 bridgehead atoms. The summed E-state index contributed by atoms with van der Waals surface area (Å²) in [7, 11) is -0.125. The van der Waals surface area contributed by atoms with E-state index in [2.05, 4.69) is 20.0 Å². The second kappa shape index (κ2) is 10.6. The van der Waals surface area contributed by atoms with E-state index in [1.807, 2.05) is 30.3 Å². The van der Waals surface area contributed by atoms with Crippen molar-refractivity contribution in [2.24, 2.45) is 0 Å². The number of methoxy groups -OCH3 is 3. The lowest BCUT2D eigenvalue weighted by Crippen LogP contribution is -2.17. The molecular formula is C24H22N4O6S2. The highest BCUT2D eigenvalue weighted by molar-refractivity contribution is 7.92. The number of hydrogen-bond donors (Lipinski definition) is 2. The molecule has 2 heterocycles. The Bertz CT molecular complexity index is 1470. The molecule has 36 heavy (non-hydrogen) atoms. The second-order valence-electron chi connectivity index (χ2n) is 7.23. The van der Waals surface area contributed by atoms with Crippen LogP contribution >= 0.6 is 11.3 Å². The average molecular weight is 527 g/mol. The van der Waals surface area contributed by atoms with Crippen LogP contribution in [0.25, 0.3) is 10.6 Å². The number of benzene rings is 2. The summed E-state index contributed by atoms with van der Waals surface area (Å²) in [5.74, 6) is -0.156. The number of rotatable bonds is 9. The maximum atomic E-state index is 13.3. The minimum Gasteiger partial charge on any atom is -0.494 e. The first-order valence-electron chi connectivity index (χ1n) is 10.5. The van der Waals surface area contributed by atoms with Crippen molar-refractivity contribution in [3.8, 4) is 28.0 Å². The highest BCUT2D eigenvalue weighted by Crippen LogP contribution is 2.37. The van der Waals surface area contributed by atoms with Gasteiger partial charge in [0.15, 0.2) is 4.90 Å². The number of nitrogens with one attached hydrogen (secondary N) is 2. The fraction of sp³-hybridized carbons (Fsp3) is 0.125. The lowest BCUT2D eigenvalue weighted by Gasteiger charge is -2.16. The van der Waals surface area contributed by atoms with Gasteiger partial charge < -0.3 is 19.5 Å². The van der Waals surface area contributed by atoms with Crippen LogP contribution in [0.4, 0.5) is 11.4 Å². The molecule has 0 radical (unpaired) electrons. The molecule has 0 aliphatic carbocycles. The Morgan fingerprint density at radius 2 is 1.64 bits per heavy atom. The predicted molar refractivity (Wildman–Crippen MR) is 137 cm³/mol. The summed E-state index contributed by atoms with van der Waals surface area (Å²) in [4.78, 5) is 20.9. The molecule has 0 aliphatic rings. The molecule has 12 heteroatoms. The Kier molecular flexibility index (Phi) is 7.36. The number of ether oxygens (including phenoxy) is 3. The van der Waals surface area contributed by atoms with Gasteiger partial charge in [0, 0.05) is 10.9 Å². The third-order valence-corrected chi connectivity index (χ3v) is 7.22. The van der Waals surface area contributed by atoms with Crippen LogP contribution in [0, 0.1) is 0 Å². The molecule has 2 N–H and O–H groups in total. The predicted octanol–water partition coefficient (Wildman–Crippen LogP) is 4.28. The van der Waals surface area contributed by atoms with Gasteiger partial charge in [-0.3, -0.25) is 9.52 Å². The SMILES string of the molecule is COc1cccc(OC)c1NS(=O)(=O)c1cc(NC(=O)c2csc(-c3ccccc3)n2)cnc1OC. The largest absolute Gasteiger partial charge is 0.494 e. The number of thiazole rings is 1. The molecule has 0 aliphatic heterocycles. The lowest BCUT2D eigenvalue weighted by molar-refractivity contribution is 0.102. The Morgan fingerprint density at radius 1 is 0.944 bits per heavy atom. The molecule has 186 valence electrons. The molecule has 1 amide bonds. The summed E-state index contributed by atoms with van der Waals surface area (Å²) in [6, 6.07) is 15.5. The highest BCUT2D eigenvalue weighted by Gasteiger charge is 2.25. The third kappa shape index (κ3) is 5.24. The Hall–Kier alpha value is -4.16. The Balaban J connectivity index is 1.62. The zero-order chi connectivity index (χ0) is 25.7. The minimum atomic E-state index is -4.24. The van der Waals surface area contributed by atoms with Crippen LogP contribution in [-0.2, 0) is 10.0 Å². The van der Waals surface area contributed by atoms with Crippen LogP contribution in [0.3, 0.4) is 0 Å². The quantitative estimate of drug-likeness (QED) is 0.331. The number of pyridine rings is 1. The van der Waals surface area contributed by atoms with Gasteiger partial charge in [0.1, 0.15) is 27.9 Å². The Labute approximate surface area is 212 Å². The van der Waals surface area contributed by atoms with Gasteiger partial charge >= 0.3 is 0 Å². The number of hydrogen-bond acceptors (Lipinski definition) is 9. The summed E-state index contributed by atoms with van der Waals surface area (Å²) >= 11 is 1.33. The van der Waals surface area contributed by atoms with E-state index in [9.17, 15) is 13.2 Å². The first-order valence-corrected chi connectivity index (χ1v) is 12.8. The van der Waals surface area contributed by atoms with E-state index in [1.165, 1.54) is 44.9 Å². The van der Waals surface area contributed by atoms with E-state index in [0.29, 0.717) is 5.01 Å². The van der Waals surface area contributed by atoms with Crippen LogP contribution in [0.2, 0.25) is 0 Å². The molecule has 0 spiro atoms. The molecule has 4 rings (SSSR count).